The number of rotatable bonds is 5. The van der Waals surface area contributed by atoms with E-state index >= 15 is 0 Å². The van der Waals surface area contributed by atoms with E-state index in [1.807, 2.05) is 41.3 Å². The minimum Gasteiger partial charge on any atom is -0.370 e. The Morgan fingerprint density at radius 3 is 2.58 bits per heavy atom. The SMILES string of the molecule is N#Cc1ccc(N2CCCN(C(=O)CCc3nc(-c4ccc(Cl)cc4)no3)CC2)cc1. The Bertz CT molecular complexity index is 1070. The number of halogens is 1. The van der Waals surface area contributed by atoms with Gasteiger partial charge in [-0.1, -0.05) is 16.8 Å². The Kier molecular flexibility index (Phi) is 6.48. The molecule has 1 amide bonds. The van der Waals surface area contributed by atoms with Crippen LogP contribution in [-0.4, -0.2) is 47.1 Å². The molecule has 2 aromatic carbocycles. The van der Waals surface area contributed by atoms with Gasteiger partial charge < -0.3 is 14.3 Å². The standard InChI is InChI=1S/C23H22ClN5O2/c24-19-6-4-18(5-7-19)23-26-21(31-27-23)10-11-22(30)29-13-1-12-28(14-15-29)20-8-2-17(16-25)3-9-20/h2-9H,1,10-15H2. The van der Waals surface area contributed by atoms with E-state index in [1.54, 1.807) is 12.1 Å². The molecular formula is C23H22ClN5O2. The highest BCUT2D eigenvalue weighted by atomic mass is 35.5. The molecule has 0 radical (unpaired) electrons. The second-order valence-corrected chi connectivity index (χ2v) is 7.84. The highest BCUT2D eigenvalue weighted by Gasteiger charge is 2.20. The maximum Gasteiger partial charge on any atom is 0.227 e. The molecule has 1 fully saturated rings. The third kappa shape index (κ3) is 5.22. The van der Waals surface area contributed by atoms with Gasteiger partial charge in [0.25, 0.3) is 0 Å². The van der Waals surface area contributed by atoms with Crippen LogP contribution in [0.25, 0.3) is 11.4 Å². The van der Waals surface area contributed by atoms with E-state index in [0.29, 0.717) is 41.7 Å². The Balaban J connectivity index is 1.30. The van der Waals surface area contributed by atoms with Gasteiger partial charge in [0.05, 0.1) is 11.6 Å². The van der Waals surface area contributed by atoms with Gasteiger partial charge in [-0.05, 0) is 55.0 Å². The molecule has 4 rings (SSSR count). The average Bonchev–Trinajstić information content (AvgIpc) is 3.14. The lowest BCUT2D eigenvalue weighted by atomic mass is 10.2. The van der Waals surface area contributed by atoms with E-state index < -0.39 is 0 Å². The van der Waals surface area contributed by atoms with Gasteiger partial charge >= 0.3 is 0 Å². The van der Waals surface area contributed by atoms with Gasteiger partial charge in [0.15, 0.2) is 0 Å². The van der Waals surface area contributed by atoms with E-state index in [2.05, 4.69) is 21.1 Å². The maximum absolute atomic E-state index is 12.7. The molecule has 2 heterocycles. The Morgan fingerprint density at radius 2 is 1.84 bits per heavy atom. The van der Waals surface area contributed by atoms with E-state index in [1.165, 1.54) is 0 Å². The molecule has 0 N–H and O–H groups in total. The number of nitrogens with zero attached hydrogens (tertiary/aromatic N) is 5. The van der Waals surface area contributed by atoms with Gasteiger partial charge in [-0.25, -0.2) is 0 Å². The predicted octanol–water partition coefficient (Wildman–Crippen LogP) is 3.93. The molecule has 8 heteroatoms. The number of nitriles is 1. The second-order valence-electron chi connectivity index (χ2n) is 7.40. The molecule has 0 bridgehead atoms. The topological polar surface area (TPSA) is 86.3 Å². The summed E-state index contributed by atoms with van der Waals surface area (Å²) < 4.78 is 5.31. The first-order chi connectivity index (χ1) is 15.1. The van der Waals surface area contributed by atoms with Crippen molar-refractivity contribution >= 4 is 23.2 Å². The summed E-state index contributed by atoms with van der Waals surface area (Å²) in [6.07, 6.45) is 1.64. The summed E-state index contributed by atoms with van der Waals surface area (Å²) in [6, 6.07) is 16.9. The third-order valence-corrected chi connectivity index (χ3v) is 5.59. The van der Waals surface area contributed by atoms with E-state index in [0.717, 1.165) is 37.3 Å². The fraction of sp³-hybridized carbons (Fsp3) is 0.304. The molecular weight excluding hydrogens is 414 g/mol. The highest BCUT2D eigenvalue weighted by molar-refractivity contribution is 6.30. The van der Waals surface area contributed by atoms with Crippen LogP contribution in [0, 0.1) is 11.3 Å². The van der Waals surface area contributed by atoms with Gasteiger partial charge in [0.1, 0.15) is 0 Å². The summed E-state index contributed by atoms with van der Waals surface area (Å²) in [7, 11) is 0. The number of aryl methyl sites for hydroxylation is 1. The van der Waals surface area contributed by atoms with E-state index in [4.69, 9.17) is 21.4 Å². The summed E-state index contributed by atoms with van der Waals surface area (Å²) in [5.74, 6) is 1.03. The summed E-state index contributed by atoms with van der Waals surface area (Å²) in [4.78, 5) is 21.3. The lowest BCUT2D eigenvalue weighted by Gasteiger charge is -2.23. The zero-order valence-corrected chi connectivity index (χ0v) is 17.8. The number of amides is 1. The third-order valence-electron chi connectivity index (χ3n) is 5.33. The van der Waals surface area contributed by atoms with Crippen LogP contribution in [0.5, 0.6) is 0 Å². The Labute approximate surface area is 185 Å². The fourth-order valence-corrected chi connectivity index (χ4v) is 3.74. The van der Waals surface area contributed by atoms with Crippen molar-refractivity contribution in [3.63, 3.8) is 0 Å². The van der Waals surface area contributed by atoms with Gasteiger partial charge in [-0.2, -0.15) is 10.2 Å². The van der Waals surface area contributed by atoms with Crippen molar-refractivity contribution in [3.8, 4) is 17.5 Å². The van der Waals surface area contributed by atoms with Crippen molar-refractivity contribution in [2.75, 3.05) is 31.1 Å². The van der Waals surface area contributed by atoms with Crippen LogP contribution in [0.4, 0.5) is 5.69 Å². The van der Waals surface area contributed by atoms with Gasteiger partial charge in [0.2, 0.25) is 17.6 Å². The molecule has 1 saturated heterocycles. The van der Waals surface area contributed by atoms with Crippen molar-refractivity contribution in [3.05, 3.63) is 65.0 Å². The van der Waals surface area contributed by atoms with E-state index in [9.17, 15) is 4.79 Å². The van der Waals surface area contributed by atoms with Crippen molar-refractivity contribution in [1.29, 1.82) is 5.26 Å². The number of carbonyl (C=O) groups is 1. The van der Waals surface area contributed by atoms with Gasteiger partial charge in [0, 0.05) is 55.3 Å². The summed E-state index contributed by atoms with van der Waals surface area (Å²) in [5, 5.41) is 13.6. The van der Waals surface area contributed by atoms with Crippen LogP contribution >= 0.6 is 11.6 Å². The van der Waals surface area contributed by atoms with Gasteiger partial charge in [-0.15, -0.1) is 0 Å². The highest BCUT2D eigenvalue weighted by Crippen LogP contribution is 2.20. The van der Waals surface area contributed by atoms with Crippen LogP contribution in [0.2, 0.25) is 5.02 Å². The van der Waals surface area contributed by atoms with Crippen molar-refractivity contribution < 1.29 is 9.32 Å². The Hall–Kier alpha value is -3.37. The lowest BCUT2D eigenvalue weighted by Crippen LogP contribution is -2.35. The zero-order valence-electron chi connectivity index (χ0n) is 17.0. The van der Waals surface area contributed by atoms with Crippen molar-refractivity contribution in [1.82, 2.24) is 15.0 Å². The van der Waals surface area contributed by atoms with Crippen LogP contribution in [0.15, 0.2) is 53.1 Å². The molecule has 0 unspecified atom stereocenters. The summed E-state index contributed by atoms with van der Waals surface area (Å²) in [6.45, 7) is 3.03. The second kappa shape index (κ2) is 9.63. The maximum atomic E-state index is 12.7. The van der Waals surface area contributed by atoms with Gasteiger partial charge in [-0.3, -0.25) is 4.79 Å². The summed E-state index contributed by atoms with van der Waals surface area (Å²) >= 11 is 5.91. The quantitative estimate of drug-likeness (QED) is 0.603. The molecule has 1 aromatic heterocycles. The molecule has 0 aliphatic carbocycles. The first-order valence-corrected chi connectivity index (χ1v) is 10.6. The normalized spacial score (nSPS) is 14.2. The molecule has 0 spiro atoms. The number of carbonyl (C=O) groups excluding carboxylic acids is 1. The summed E-state index contributed by atoms with van der Waals surface area (Å²) in [5.41, 5.74) is 2.55. The predicted molar refractivity (Wildman–Crippen MR) is 118 cm³/mol. The van der Waals surface area contributed by atoms with Crippen LogP contribution in [0.1, 0.15) is 24.3 Å². The molecule has 1 aliphatic rings. The smallest absolute Gasteiger partial charge is 0.227 e. The fourth-order valence-electron chi connectivity index (χ4n) is 3.62. The van der Waals surface area contributed by atoms with E-state index in [-0.39, 0.29) is 5.91 Å². The number of benzene rings is 2. The number of aromatic nitrogens is 2. The number of anilines is 1. The molecule has 7 nitrogen and oxygen atoms in total. The average molecular weight is 436 g/mol. The van der Waals surface area contributed by atoms with Crippen molar-refractivity contribution in [2.24, 2.45) is 0 Å². The molecule has 3 aromatic rings. The number of hydrogen-bond acceptors (Lipinski definition) is 6. The first-order valence-electron chi connectivity index (χ1n) is 10.2. The van der Waals surface area contributed by atoms with Crippen LogP contribution in [-0.2, 0) is 11.2 Å². The lowest BCUT2D eigenvalue weighted by molar-refractivity contribution is -0.131. The largest absolute Gasteiger partial charge is 0.370 e. The molecule has 0 atom stereocenters. The molecule has 0 saturated carbocycles. The molecule has 158 valence electrons. The first kappa shape index (κ1) is 20.9. The Morgan fingerprint density at radius 1 is 1.06 bits per heavy atom. The zero-order chi connectivity index (χ0) is 21.6. The van der Waals surface area contributed by atoms with Crippen LogP contribution in [0.3, 0.4) is 0 Å². The van der Waals surface area contributed by atoms with Crippen molar-refractivity contribution in [2.45, 2.75) is 19.3 Å². The number of hydrogen-bond donors (Lipinski definition) is 0. The van der Waals surface area contributed by atoms with Crippen LogP contribution < -0.4 is 4.90 Å². The minimum atomic E-state index is 0.0907. The molecule has 31 heavy (non-hydrogen) atoms. The minimum absolute atomic E-state index is 0.0907. The monoisotopic (exact) mass is 435 g/mol. The molecule has 1 aliphatic heterocycles.